The van der Waals surface area contributed by atoms with Crippen LogP contribution in [-0.4, -0.2) is 50.8 Å². The van der Waals surface area contributed by atoms with E-state index < -0.39 is 0 Å². The van der Waals surface area contributed by atoms with Gasteiger partial charge in [-0.25, -0.2) is 4.68 Å². The highest BCUT2D eigenvalue weighted by atomic mass is 16.5. The summed E-state index contributed by atoms with van der Waals surface area (Å²) in [6, 6.07) is 17.9. The molecule has 1 amide bonds. The van der Waals surface area contributed by atoms with Gasteiger partial charge in [-0.2, -0.15) is 5.10 Å². The summed E-state index contributed by atoms with van der Waals surface area (Å²) in [6.07, 6.45) is 2.81. The van der Waals surface area contributed by atoms with Crippen LogP contribution in [0.4, 0.5) is 0 Å². The van der Waals surface area contributed by atoms with E-state index in [1.54, 1.807) is 18.0 Å². The summed E-state index contributed by atoms with van der Waals surface area (Å²) in [6.45, 7) is 3.49. The van der Waals surface area contributed by atoms with Gasteiger partial charge < -0.3 is 14.2 Å². The number of hydrogen-bond acceptors (Lipinski definition) is 5. The second-order valence-electron chi connectivity index (χ2n) is 8.87. The standard InChI is InChI=1S/C27H28N4O4/c1-2-35-27(34)20-12-14-29(15-13-20)24(32)18-31-26(33)25-22(16-28-31)21-10-6-7-11-23(21)30(25)17-19-8-4-3-5-9-19/h3-11,16,20H,2,12-15,17-18H2,1H3. The molecule has 35 heavy (non-hydrogen) atoms. The highest BCUT2D eigenvalue weighted by Gasteiger charge is 2.28. The fourth-order valence-corrected chi connectivity index (χ4v) is 4.89. The van der Waals surface area contributed by atoms with Crippen molar-refractivity contribution in [2.75, 3.05) is 19.7 Å². The number of amides is 1. The van der Waals surface area contributed by atoms with Crippen molar-refractivity contribution in [1.29, 1.82) is 0 Å². The Balaban J connectivity index is 1.43. The number of hydrogen-bond donors (Lipinski definition) is 0. The van der Waals surface area contributed by atoms with E-state index in [4.69, 9.17) is 4.74 Å². The maximum absolute atomic E-state index is 13.6. The zero-order chi connectivity index (χ0) is 24.4. The number of aromatic nitrogens is 3. The summed E-state index contributed by atoms with van der Waals surface area (Å²) in [4.78, 5) is 40.3. The number of rotatable bonds is 6. The highest BCUT2D eigenvalue weighted by Crippen LogP contribution is 2.27. The first kappa shape index (κ1) is 22.8. The van der Waals surface area contributed by atoms with E-state index in [1.807, 2.05) is 59.2 Å². The molecule has 0 atom stereocenters. The number of carbonyl (C=O) groups is 2. The van der Waals surface area contributed by atoms with Crippen LogP contribution in [-0.2, 0) is 27.4 Å². The molecule has 0 unspecified atom stereocenters. The average molecular weight is 473 g/mol. The molecule has 0 radical (unpaired) electrons. The van der Waals surface area contributed by atoms with Crippen molar-refractivity contribution in [3.8, 4) is 0 Å². The summed E-state index contributed by atoms with van der Waals surface area (Å²) in [5, 5.41) is 6.09. The van der Waals surface area contributed by atoms with Gasteiger partial charge in [-0.1, -0.05) is 48.5 Å². The van der Waals surface area contributed by atoms with Crippen molar-refractivity contribution < 1.29 is 14.3 Å². The van der Waals surface area contributed by atoms with Gasteiger partial charge in [0.25, 0.3) is 5.56 Å². The molecular formula is C27H28N4O4. The maximum atomic E-state index is 13.6. The van der Waals surface area contributed by atoms with Crippen LogP contribution < -0.4 is 5.56 Å². The number of nitrogens with zero attached hydrogens (tertiary/aromatic N) is 4. The normalized spacial score (nSPS) is 14.5. The number of likely N-dealkylation sites (tertiary alicyclic amines) is 1. The third kappa shape index (κ3) is 4.43. The smallest absolute Gasteiger partial charge is 0.309 e. The van der Waals surface area contributed by atoms with E-state index >= 15 is 0 Å². The number of fused-ring (bicyclic) bond motifs is 3. The van der Waals surface area contributed by atoms with Crippen molar-refractivity contribution in [3.05, 3.63) is 76.7 Å². The molecule has 0 aliphatic carbocycles. The largest absolute Gasteiger partial charge is 0.466 e. The lowest BCUT2D eigenvalue weighted by Crippen LogP contribution is -2.43. The van der Waals surface area contributed by atoms with Gasteiger partial charge >= 0.3 is 5.97 Å². The van der Waals surface area contributed by atoms with Gasteiger partial charge in [-0.3, -0.25) is 14.4 Å². The first-order valence-electron chi connectivity index (χ1n) is 12.0. The minimum Gasteiger partial charge on any atom is -0.466 e. The second kappa shape index (κ2) is 9.74. The Morgan fingerprint density at radius 1 is 1.00 bits per heavy atom. The Morgan fingerprint density at radius 2 is 1.71 bits per heavy atom. The van der Waals surface area contributed by atoms with E-state index in [2.05, 4.69) is 5.10 Å². The third-order valence-electron chi connectivity index (χ3n) is 6.71. The molecule has 2 aromatic heterocycles. The summed E-state index contributed by atoms with van der Waals surface area (Å²) < 4.78 is 8.37. The lowest BCUT2D eigenvalue weighted by Gasteiger charge is -2.30. The maximum Gasteiger partial charge on any atom is 0.309 e. The van der Waals surface area contributed by atoms with Gasteiger partial charge in [-0.05, 0) is 31.4 Å². The van der Waals surface area contributed by atoms with Gasteiger partial charge in [0.1, 0.15) is 12.1 Å². The van der Waals surface area contributed by atoms with Crippen LogP contribution in [0.1, 0.15) is 25.3 Å². The number of benzene rings is 2. The minimum absolute atomic E-state index is 0.133. The summed E-state index contributed by atoms with van der Waals surface area (Å²) in [5.41, 5.74) is 2.29. The molecule has 4 aromatic rings. The number of piperidine rings is 1. The van der Waals surface area contributed by atoms with E-state index in [0.717, 1.165) is 21.9 Å². The molecule has 1 aliphatic rings. The van der Waals surface area contributed by atoms with Crippen LogP contribution in [0, 0.1) is 5.92 Å². The number of esters is 1. The van der Waals surface area contributed by atoms with Crippen LogP contribution in [0.15, 0.2) is 65.6 Å². The van der Waals surface area contributed by atoms with E-state index in [-0.39, 0.29) is 29.9 Å². The minimum atomic E-state index is -0.288. The molecule has 3 heterocycles. The molecule has 5 rings (SSSR count). The number of carbonyl (C=O) groups excluding carboxylic acids is 2. The van der Waals surface area contributed by atoms with E-state index in [1.165, 1.54) is 4.68 Å². The first-order chi connectivity index (χ1) is 17.1. The zero-order valence-corrected chi connectivity index (χ0v) is 19.7. The Hall–Kier alpha value is -3.94. The molecule has 2 aromatic carbocycles. The Kier molecular flexibility index (Phi) is 6.35. The predicted molar refractivity (Wildman–Crippen MR) is 133 cm³/mol. The molecule has 0 N–H and O–H groups in total. The predicted octanol–water partition coefficient (Wildman–Crippen LogP) is 3.20. The number of ether oxygens (including phenoxy) is 1. The zero-order valence-electron chi connectivity index (χ0n) is 19.7. The average Bonchev–Trinajstić information content (AvgIpc) is 3.20. The Morgan fingerprint density at radius 3 is 2.46 bits per heavy atom. The van der Waals surface area contributed by atoms with Gasteiger partial charge in [0.05, 0.1) is 18.7 Å². The Labute approximate surface area is 202 Å². The first-order valence-corrected chi connectivity index (χ1v) is 12.0. The van der Waals surface area contributed by atoms with Crippen molar-refractivity contribution in [1.82, 2.24) is 19.2 Å². The molecule has 0 saturated carbocycles. The Bertz CT molecular complexity index is 1430. The highest BCUT2D eigenvalue weighted by molar-refractivity contribution is 6.07. The quantitative estimate of drug-likeness (QED) is 0.402. The summed E-state index contributed by atoms with van der Waals surface area (Å²) in [5.74, 6) is -0.550. The van der Waals surface area contributed by atoms with E-state index in [0.29, 0.717) is 44.6 Å². The van der Waals surface area contributed by atoms with Gasteiger partial charge in [0, 0.05) is 35.9 Å². The van der Waals surface area contributed by atoms with Gasteiger partial charge in [0.15, 0.2) is 0 Å². The van der Waals surface area contributed by atoms with Crippen LogP contribution in [0.5, 0.6) is 0 Å². The summed E-state index contributed by atoms with van der Waals surface area (Å²) in [7, 11) is 0. The molecule has 0 bridgehead atoms. The van der Waals surface area contributed by atoms with Crippen molar-refractivity contribution in [3.63, 3.8) is 0 Å². The fourth-order valence-electron chi connectivity index (χ4n) is 4.89. The molecule has 1 aliphatic heterocycles. The number of para-hydroxylation sites is 1. The SMILES string of the molecule is CCOC(=O)C1CCN(C(=O)Cn2ncc3c4ccccc4n(Cc4ccccc4)c3c2=O)CC1. The summed E-state index contributed by atoms with van der Waals surface area (Å²) >= 11 is 0. The second-order valence-corrected chi connectivity index (χ2v) is 8.87. The van der Waals surface area contributed by atoms with Crippen molar-refractivity contribution >= 4 is 33.7 Å². The molecular weight excluding hydrogens is 444 g/mol. The van der Waals surface area contributed by atoms with Crippen LogP contribution in [0.25, 0.3) is 21.8 Å². The van der Waals surface area contributed by atoms with Crippen LogP contribution in [0.3, 0.4) is 0 Å². The monoisotopic (exact) mass is 472 g/mol. The molecule has 180 valence electrons. The van der Waals surface area contributed by atoms with Gasteiger partial charge in [0.2, 0.25) is 5.91 Å². The van der Waals surface area contributed by atoms with Gasteiger partial charge in [-0.15, -0.1) is 0 Å². The van der Waals surface area contributed by atoms with Crippen molar-refractivity contribution in [2.45, 2.75) is 32.9 Å². The lowest BCUT2D eigenvalue weighted by molar-refractivity contribution is -0.151. The van der Waals surface area contributed by atoms with Crippen LogP contribution in [0.2, 0.25) is 0 Å². The molecule has 8 heteroatoms. The third-order valence-corrected chi connectivity index (χ3v) is 6.71. The molecule has 0 spiro atoms. The van der Waals surface area contributed by atoms with E-state index in [9.17, 15) is 14.4 Å². The van der Waals surface area contributed by atoms with Crippen molar-refractivity contribution in [2.24, 2.45) is 5.92 Å². The van der Waals surface area contributed by atoms with Crippen LogP contribution >= 0.6 is 0 Å². The topological polar surface area (TPSA) is 86.4 Å². The lowest BCUT2D eigenvalue weighted by atomic mass is 9.97. The molecule has 1 saturated heterocycles. The molecule has 8 nitrogen and oxygen atoms in total. The molecule has 1 fully saturated rings. The fraction of sp³-hybridized carbons (Fsp3) is 0.333.